The number of nitrogens with zero attached hydrogens (tertiary/aromatic N) is 1. The first-order chi connectivity index (χ1) is 18.9. The summed E-state index contributed by atoms with van der Waals surface area (Å²) in [4.78, 5) is 3.78. The zero-order valence-corrected chi connectivity index (χ0v) is 27.3. The topological polar surface area (TPSA) is 12.9 Å². The molecule has 0 unspecified atom stereocenters. The summed E-state index contributed by atoms with van der Waals surface area (Å²) in [7, 11) is -10.7. The van der Waals surface area contributed by atoms with Gasteiger partial charge in [0.2, 0.25) is 0 Å². The molecule has 1 aliphatic carbocycles. The van der Waals surface area contributed by atoms with E-state index in [4.69, 9.17) is 0 Å². The molecular formula is C31H32AsF6IrNP-. The standard InChI is InChI=1S/C18H15As.C8H12.C5H5N.F6P.Ir/c1-4-10-16(11-5-1)19(17-12-6-2-7-13-17)18-14-8-3-9-15-18;1-2-4-6-8-7-5-3-1;1-2-4-6-5-3-1;1-7(2,3,4,5)6;/h1-15H;1-2,7-8H,3-6H2;1-5H;;/q;;;-1;/b;2-1-,8-7-;;;. The molecule has 1 aliphatic rings. The molecule has 10 heteroatoms. The minimum Gasteiger partial charge on any atom is -0.265 e. The molecule has 1 heterocycles. The van der Waals surface area contributed by atoms with Crippen LogP contribution >= 0.6 is 7.81 Å². The molecule has 0 saturated carbocycles. The molecule has 1 aromatic heterocycles. The maximum absolute atomic E-state index is 10.7. The molecule has 0 aliphatic heterocycles. The Morgan fingerprint density at radius 2 is 0.683 bits per heavy atom. The number of benzene rings is 3. The van der Waals surface area contributed by atoms with Crippen molar-refractivity contribution in [2.24, 2.45) is 0 Å². The van der Waals surface area contributed by atoms with Crippen LogP contribution in [0.2, 0.25) is 0 Å². The van der Waals surface area contributed by atoms with E-state index in [9.17, 15) is 25.2 Å². The van der Waals surface area contributed by atoms with Crippen LogP contribution in [-0.2, 0) is 20.1 Å². The van der Waals surface area contributed by atoms with Crippen LogP contribution in [0.4, 0.5) is 25.2 Å². The molecule has 0 fully saturated rings. The number of hydrogen-bond acceptors (Lipinski definition) is 1. The fourth-order valence-electron chi connectivity index (χ4n) is 3.35. The number of allylic oxidation sites excluding steroid dienone is 4. The first kappa shape index (κ1) is 36.5. The summed E-state index contributed by atoms with van der Waals surface area (Å²) in [5.41, 5.74) is 0. The third-order valence-electron chi connectivity index (χ3n) is 4.94. The van der Waals surface area contributed by atoms with E-state index in [0.29, 0.717) is 0 Å². The van der Waals surface area contributed by atoms with Gasteiger partial charge in [-0.05, 0) is 37.8 Å². The molecule has 0 amide bonds. The first-order valence-electron chi connectivity index (χ1n) is 12.6. The van der Waals surface area contributed by atoms with Gasteiger partial charge in [-0.25, -0.2) is 0 Å². The fourth-order valence-corrected chi connectivity index (χ4v) is 8.18. The van der Waals surface area contributed by atoms with E-state index in [1.165, 1.54) is 38.7 Å². The second-order valence-electron chi connectivity index (χ2n) is 8.42. The number of rotatable bonds is 3. The smallest absolute Gasteiger partial charge is 0.0267 e. The maximum atomic E-state index is 9.87. The quantitative estimate of drug-likeness (QED) is 0.0869. The summed E-state index contributed by atoms with van der Waals surface area (Å²) in [6, 6.07) is 38.4. The van der Waals surface area contributed by atoms with Crippen molar-refractivity contribution in [2.75, 3.05) is 0 Å². The van der Waals surface area contributed by atoms with E-state index >= 15 is 0 Å². The van der Waals surface area contributed by atoms with Gasteiger partial charge in [0.05, 0.1) is 0 Å². The Kier molecular flexibility index (Phi) is 15.6. The molecule has 0 spiro atoms. The van der Waals surface area contributed by atoms with Gasteiger partial charge in [0.25, 0.3) is 0 Å². The minimum absolute atomic E-state index is 0. The van der Waals surface area contributed by atoms with Gasteiger partial charge in [-0.1, -0.05) is 30.4 Å². The Balaban J connectivity index is 0.000000317. The summed E-state index contributed by atoms with van der Waals surface area (Å²) in [5.74, 6) is 0. The molecule has 1 radical (unpaired) electrons. The van der Waals surface area contributed by atoms with E-state index in [2.05, 4.69) is 120 Å². The molecule has 223 valence electrons. The molecular weight excluding hydrogens is 798 g/mol. The van der Waals surface area contributed by atoms with Crippen molar-refractivity contribution in [3.05, 3.63) is 146 Å². The molecule has 0 bridgehead atoms. The van der Waals surface area contributed by atoms with E-state index in [0.717, 1.165) is 0 Å². The third kappa shape index (κ3) is 21.0. The second-order valence-corrected chi connectivity index (χ2v) is 15.0. The summed E-state index contributed by atoms with van der Waals surface area (Å²) >= 11 is -1.39. The molecule has 3 aromatic carbocycles. The number of aromatic nitrogens is 1. The van der Waals surface area contributed by atoms with E-state index < -0.39 is 22.5 Å². The predicted molar refractivity (Wildman–Crippen MR) is 159 cm³/mol. The van der Waals surface area contributed by atoms with E-state index in [1.807, 2.05) is 18.2 Å². The van der Waals surface area contributed by atoms with E-state index in [-0.39, 0.29) is 20.1 Å². The number of hydrogen-bond donors (Lipinski definition) is 0. The normalized spacial score (nSPS) is 15.5. The number of halogens is 6. The van der Waals surface area contributed by atoms with E-state index in [1.54, 1.807) is 12.4 Å². The molecule has 4 aromatic rings. The Bertz CT molecular complexity index is 1120. The van der Waals surface area contributed by atoms with Crippen molar-refractivity contribution in [3.8, 4) is 0 Å². The van der Waals surface area contributed by atoms with Crippen molar-refractivity contribution in [3.63, 3.8) is 0 Å². The summed E-state index contributed by atoms with van der Waals surface area (Å²) in [6.07, 6.45) is 17.5. The molecule has 1 nitrogen and oxygen atoms in total. The van der Waals surface area contributed by atoms with Gasteiger partial charge >= 0.3 is 152 Å². The number of pyridine rings is 1. The molecule has 0 atom stereocenters. The van der Waals surface area contributed by atoms with Gasteiger partial charge < -0.3 is 0 Å². The molecule has 0 N–H and O–H groups in total. The average molecular weight is 831 g/mol. The Morgan fingerprint density at radius 3 is 0.878 bits per heavy atom. The SMILES string of the molecule is C1=C\CC/C=C\CC/1.F[P-](F)(F)(F)(F)F.[Ir].c1ccc([As](c2ccccc2)c2ccccc2)cc1.c1ccncc1. The van der Waals surface area contributed by atoms with Crippen LogP contribution in [0.3, 0.4) is 0 Å². The maximum Gasteiger partial charge on any atom is 0.0267 e. The van der Waals surface area contributed by atoms with Gasteiger partial charge in [0.15, 0.2) is 0 Å². The van der Waals surface area contributed by atoms with Crippen molar-refractivity contribution in [1.29, 1.82) is 0 Å². The largest absolute Gasteiger partial charge is 0.265 e. The Hall–Kier alpha value is -2.49. The van der Waals surface area contributed by atoms with Crippen LogP contribution < -0.4 is 13.1 Å². The summed E-state index contributed by atoms with van der Waals surface area (Å²) in [5, 5.41) is 0. The van der Waals surface area contributed by atoms with Crippen molar-refractivity contribution >= 4 is 35.5 Å². The fraction of sp³-hybridized carbons (Fsp3) is 0.129. The van der Waals surface area contributed by atoms with Crippen molar-refractivity contribution in [1.82, 2.24) is 4.98 Å². The molecule has 41 heavy (non-hydrogen) atoms. The molecule has 0 saturated heterocycles. The van der Waals surface area contributed by atoms with Crippen LogP contribution in [0.1, 0.15) is 25.7 Å². The summed E-state index contributed by atoms with van der Waals surface area (Å²) < 4.78 is 63.6. The summed E-state index contributed by atoms with van der Waals surface area (Å²) in [6.45, 7) is 0. The van der Waals surface area contributed by atoms with Crippen LogP contribution in [0.15, 0.2) is 146 Å². The van der Waals surface area contributed by atoms with Gasteiger partial charge in [0.1, 0.15) is 0 Å². The van der Waals surface area contributed by atoms with Crippen LogP contribution in [0.25, 0.3) is 0 Å². The van der Waals surface area contributed by atoms with Crippen molar-refractivity contribution in [2.45, 2.75) is 25.7 Å². The van der Waals surface area contributed by atoms with Gasteiger partial charge in [-0.15, -0.1) is 0 Å². The average Bonchev–Trinajstić information content (AvgIpc) is 2.90. The Morgan fingerprint density at radius 1 is 0.439 bits per heavy atom. The third-order valence-corrected chi connectivity index (χ3v) is 10.1. The van der Waals surface area contributed by atoms with Gasteiger partial charge in [0, 0.05) is 32.5 Å². The zero-order valence-electron chi connectivity index (χ0n) is 22.1. The Labute approximate surface area is 256 Å². The van der Waals surface area contributed by atoms with Crippen LogP contribution in [-0.4, -0.2) is 19.6 Å². The van der Waals surface area contributed by atoms with Gasteiger partial charge in [-0.3, -0.25) is 4.98 Å². The van der Waals surface area contributed by atoms with Crippen LogP contribution in [0.5, 0.6) is 0 Å². The van der Waals surface area contributed by atoms with Gasteiger partial charge in [-0.2, -0.15) is 0 Å². The van der Waals surface area contributed by atoms with Crippen molar-refractivity contribution < 1.29 is 45.3 Å². The first-order valence-corrected chi connectivity index (χ1v) is 17.4. The zero-order chi connectivity index (χ0) is 29.2. The van der Waals surface area contributed by atoms with Crippen LogP contribution in [0, 0.1) is 0 Å². The molecule has 5 rings (SSSR count). The minimum atomic E-state index is -10.7. The monoisotopic (exact) mass is 831 g/mol. The second kappa shape index (κ2) is 17.5. The predicted octanol–water partition coefficient (Wildman–Crippen LogP) is 9.34.